The van der Waals surface area contributed by atoms with Crippen molar-refractivity contribution in [3.8, 4) is 22.6 Å². The minimum Gasteiger partial charge on any atom is -0.489 e. The highest BCUT2D eigenvalue weighted by molar-refractivity contribution is 7.92. The molecule has 0 saturated carbocycles. The summed E-state index contributed by atoms with van der Waals surface area (Å²) in [6, 6.07) is 9.48. The van der Waals surface area contributed by atoms with Crippen LogP contribution in [0.1, 0.15) is 5.56 Å². The zero-order valence-electron chi connectivity index (χ0n) is 17.3. The molecule has 0 amide bonds. The van der Waals surface area contributed by atoms with Crippen LogP contribution in [0.3, 0.4) is 0 Å². The van der Waals surface area contributed by atoms with Crippen LogP contribution in [-0.4, -0.2) is 27.9 Å². The molecule has 1 aliphatic heterocycles. The van der Waals surface area contributed by atoms with Gasteiger partial charge in [0.1, 0.15) is 23.9 Å². The minimum atomic E-state index is -5.06. The van der Waals surface area contributed by atoms with Crippen LogP contribution in [0.25, 0.3) is 11.1 Å². The molecule has 13 heteroatoms. The molecule has 0 bridgehead atoms. The van der Waals surface area contributed by atoms with Gasteiger partial charge >= 0.3 is 12.5 Å². The van der Waals surface area contributed by atoms with Crippen molar-refractivity contribution in [3.63, 3.8) is 0 Å². The predicted octanol–water partition coefficient (Wildman–Crippen LogP) is 6.00. The van der Waals surface area contributed by atoms with E-state index in [9.17, 15) is 39.2 Å². The molecule has 1 heterocycles. The average molecular weight is 521 g/mol. The number of fused-ring (bicyclic) bond motifs is 1. The second kappa shape index (κ2) is 8.63. The first-order valence-electron chi connectivity index (χ1n) is 9.78. The molecule has 0 fully saturated rings. The zero-order chi connectivity index (χ0) is 25.6. The highest BCUT2D eigenvalue weighted by Crippen LogP contribution is 2.40. The molecule has 0 unspecified atom stereocenters. The zero-order valence-corrected chi connectivity index (χ0v) is 18.1. The van der Waals surface area contributed by atoms with Crippen LogP contribution in [0.2, 0.25) is 0 Å². The SMILES string of the molecule is O=S(=O)(c1cccc(C(F)(F)F)c1)N1CCOc2ccc(-c3cc(F)cc(OC(F)(F)F)c3)cc21. The second-order valence-corrected chi connectivity index (χ2v) is 9.22. The number of nitrogens with zero attached hydrogens (tertiary/aromatic N) is 1. The fourth-order valence-electron chi connectivity index (χ4n) is 3.50. The highest BCUT2D eigenvalue weighted by Gasteiger charge is 2.35. The first-order valence-corrected chi connectivity index (χ1v) is 11.2. The quantitative estimate of drug-likeness (QED) is 0.396. The van der Waals surface area contributed by atoms with Crippen LogP contribution in [0.4, 0.5) is 36.4 Å². The van der Waals surface area contributed by atoms with Gasteiger partial charge in [-0.05, 0) is 53.6 Å². The smallest absolute Gasteiger partial charge is 0.489 e. The Morgan fingerprint density at radius 2 is 1.63 bits per heavy atom. The molecular formula is C22H14F7NO4S. The van der Waals surface area contributed by atoms with Crippen molar-refractivity contribution >= 4 is 15.7 Å². The number of ether oxygens (including phenoxy) is 2. The maximum absolute atomic E-state index is 14.0. The van der Waals surface area contributed by atoms with Gasteiger partial charge in [-0.25, -0.2) is 12.8 Å². The number of hydrogen-bond acceptors (Lipinski definition) is 4. The maximum atomic E-state index is 14.0. The van der Waals surface area contributed by atoms with Gasteiger partial charge in [-0.3, -0.25) is 4.31 Å². The fraction of sp³-hybridized carbons (Fsp3) is 0.182. The van der Waals surface area contributed by atoms with E-state index in [0.29, 0.717) is 12.1 Å². The molecule has 0 aromatic heterocycles. The number of sulfonamides is 1. The lowest BCUT2D eigenvalue weighted by molar-refractivity contribution is -0.274. The van der Waals surface area contributed by atoms with Crippen molar-refractivity contribution in [1.29, 1.82) is 0 Å². The summed E-state index contributed by atoms with van der Waals surface area (Å²) in [5.74, 6) is -1.79. The molecule has 0 saturated heterocycles. The van der Waals surface area contributed by atoms with Crippen molar-refractivity contribution in [2.45, 2.75) is 17.4 Å². The molecule has 0 radical (unpaired) electrons. The molecule has 3 aromatic rings. The number of hydrogen-bond donors (Lipinski definition) is 0. The number of benzene rings is 3. The van der Waals surface area contributed by atoms with E-state index in [0.717, 1.165) is 34.6 Å². The van der Waals surface area contributed by atoms with Gasteiger partial charge in [0.2, 0.25) is 0 Å². The van der Waals surface area contributed by atoms with Gasteiger partial charge in [0.25, 0.3) is 10.0 Å². The Hall–Kier alpha value is -3.48. The minimum absolute atomic E-state index is 0.0611. The van der Waals surface area contributed by atoms with Crippen LogP contribution in [0.15, 0.2) is 65.6 Å². The van der Waals surface area contributed by atoms with Crippen LogP contribution in [0, 0.1) is 5.82 Å². The lowest BCUT2D eigenvalue weighted by Gasteiger charge is -2.31. The largest absolute Gasteiger partial charge is 0.573 e. The molecule has 5 nitrogen and oxygen atoms in total. The third-order valence-corrected chi connectivity index (χ3v) is 6.78. The first-order chi connectivity index (χ1) is 16.2. The first kappa shape index (κ1) is 24.6. The summed E-state index contributed by atoms with van der Waals surface area (Å²) in [6.45, 7) is -0.352. The van der Waals surface area contributed by atoms with Gasteiger partial charge in [-0.2, -0.15) is 13.2 Å². The summed E-state index contributed by atoms with van der Waals surface area (Å²) in [4.78, 5) is -0.614. The molecule has 0 N–H and O–H groups in total. The molecule has 4 rings (SSSR count). The van der Waals surface area contributed by atoms with Gasteiger partial charge in [0, 0.05) is 6.07 Å². The molecule has 0 atom stereocenters. The van der Waals surface area contributed by atoms with Crippen molar-refractivity contribution in [2.24, 2.45) is 0 Å². The van der Waals surface area contributed by atoms with Crippen molar-refractivity contribution in [1.82, 2.24) is 0 Å². The third-order valence-electron chi connectivity index (χ3n) is 4.97. The topological polar surface area (TPSA) is 55.8 Å². The molecule has 35 heavy (non-hydrogen) atoms. The Bertz CT molecular complexity index is 1370. The summed E-state index contributed by atoms with van der Waals surface area (Å²) < 4.78 is 128. The monoisotopic (exact) mass is 521 g/mol. The summed E-state index contributed by atoms with van der Waals surface area (Å²) in [6.07, 6.45) is -9.83. The average Bonchev–Trinajstić information content (AvgIpc) is 2.76. The van der Waals surface area contributed by atoms with E-state index in [1.807, 2.05) is 0 Å². The van der Waals surface area contributed by atoms with Crippen LogP contribution < -0.4 is 13.8 Å². The lowest BCUT2D eigenvalue weighted by Crippen LogP contribution is -2.38. The van der Waals surface area contributed by atoms with E-state index in [4.69, 9.17) is 4.74 Å². The Morgan fingerprint density at radius 1 is 0.886 bits per heavy atom. The fourth-order valence-corrected chi connectivity index (χ4v) is 5.00. The molecular weight excluding hydrogens is 507 g/mol. The van der Waals surface area contributed by atoms with Gasteiger partial charge in [0.05, 0.1) is 22.7 Å². The second-order valence-electron chi connectivity index (χ2n) is 7.36. The maximum Gasteiger partial charge on any atom is 0.573 e. The van der Waals surface area contributed by atoms with Gasteiger partial charge in [0.15, 0.2) is 0 Å². The molecule has 1 aliphatic rings. The summed E-state index contributed by atoms with van der Waals surface area (Å²) in [7, 11) is -4.49. The highest BCUT2D eigenvalue weighted by atomic mass is 32.2. The third kappa shape index (κ3) is 5.29. The van der Waals surface area contributed by atoms with E-state index in [1.54, 1.807) is 0 Å². The number of rotatable bonds is 4. The van der Waals surface area contributed by atoms with Gasteiger partial charge in [-0.15, -0.1) is 13.2 Å². The van der Waals surface area contributed by atoms with Gasteiger partial charge in [-0.1, -0.05) is 12.1 Å². The lowest BCUT2D eigenvalue weighted by atomic mass is 10.0. The van der Waals surface area contributed by atoms with E-state index in [1.165, 1.54) is 18.2 Å². The van der Waals surface area contributed by atoms with Crippen molar-refractivity contribution in [3.05, 3.63) is 72.0 Å². The normalized spacial score (nSPS) is 14.3. The van der Waals surface area contributed by atoms with Crippen molar-refractivity contribution in [2.75, 3.05) is 17.5 Å². The number of anilines is 1. The molecule has 0 aliphatic carbocycles. The molecule has 3 aromatic carbocycles. The van der Waals surface area contributed by atoms with Crippen LogP contribution in [-0.2, 0) is 16.2 Å². The van der Waals surface area contributed by atoms with E-state index in [-0.39, 0.29) is 35.7 Å². The summed E-state index contributed by atoms with van der Waals surface area (Å²) in [5.41, 5.74) is -1.18. The standard InChI is InChI=1S/C22H14F7NO4S/c23-16-8-14(9-17(12-16)34-22(27,28)29)13-4-5-20-19(10-13)30(6-7-33-20)35(31,32)18-3-1-2-15(11-18)21(24,25)26/h1-5,8-12H,6-7H2. The Kier molecular flexibility index (Phi) is 6.07. The van der Waals surface area contributed by atoms with Crippen molar-refractivity contribution < 1.29 is 48.6 Å². The molecule has 0 spiro atoms. The Labute approximate surface area is 194 Å². The molecule has 186 valence electrons. The number of alkyl halides is 6. The van der Waals surface area contributed by atoms with Crippen LogP contribution >= 0.6 is 0 Å². The van der Waals surface area contributed by atoms with Gasteiger partial charge < -0.3 is 9.47 Å². The summed E-state index contributed by atoms with van der Waals surface area (Å²) >= 11 is 0. The Morgan fingerprint density at radius 3 is 2.31 bits per heavy atom. The van der Waals surface area contributed by atoms with E-state index in [2.05, 4.69) is 4.74 Å². The number of halogens is 7. The van der Waals surface area contributed by atoms with E-state index < -0.39 is 44.6 Å². The predicted molar refractivity (Wildman–Crippen MR) is 110 cm³/mol. The Balaban J connectivity index is 1.77. The van der Waals surface area contributed by atoms with Crippen LogP contribution in [0.5, 0.6) is 11.5 Å². The summed E-state index contributed by atoms with van der Waals surface area (Å²) in [5, 5.41) is 0. The van der Waals surface area contributed by atoms with E-state index >= 15 is 0 Å².